The fraction of sp³-hybridized carbons (Fsp3) is 0.353. The number of rotatable bonds is 3. The van der Waals surface area contributed by atoms with Crippen molar-refractivity contribution in [2.75, 3.05) is 31.1 Å². The van der Waals surface area contributed by atoms with Gasteiger partial charge in [0.15, 0.2) is 0 Å². The minimum absolute atomic E-state index is 0.0337. The van der Waals surface area contributed by atoms with Gasteiger partial charge in [0.05, 0.1) is 6.42 Å². The summed E-state index contributed by atoms with van der Waals surface area (Å²) in [6.45, 7) is 4.62. The molecule has 3 rings (SSSR count). The molecule has 120 valence electrons. The summed E-state index contributed by atoms with van der Waals surface area (Å²) in [6, 6.07) is 8.37. The van der Waals surface area contributed by atoms with Gasteiger partial charge in [-0.2, -0.15) is 0 Å². The molecule has 0 radical (unpaired) electrons. The van der Waals surface area contributed by atoms with E-state index in [9.17, 15) is 9.18 Å². The van der Waals surface area contributed by atoms with Crippen LogP contribution in [0.5, 0.6) is 0 Å². The maximum absolute atomic E-state index is 13.6. The molecule has 6 heteroatoms. The number of benzene rings is 1. The monoisotopic (exact) mass is 314 g/mol. The molecule has 5 nitrogen and oxygen atoms in total. The molecule has 1 aliphatic heterocycles. The summed E-state index contributed by atoms with van der Waals surface area (Å²) in [5.74, 6) is 0.531. The Morgan fingerprint density at radius 1 is 1.17 bits per heavy atom. The zero-order valence-electron chi connectivity index (χ0n) is 13.1. The normalized spacial score (nSPS) is 14.9. The Balaban J connectivity index is 1.58. The van der Waals surface area contributed by atoms with Crippen LogP contribution in [0.15, 0.2) is 36.7 Å². The largest absolute Gasteiger partial charge is 0.353 e. The second-order valence-corrected chi connectivity index (χ2v) is 5.65. The van der Waals surface area contributed by atoms with E-state index in [2.05, 4.69) is 14.9 Å². The van der Waals surface area contributed by atoms with Crippen LogP contribution in [0.1, 0.15) is 11.3 Å². The zero-order valence-corrected chi connectivity index (χ0v) is 13.1. The van der Waals surface area contributed by atoms with Crippen LogP contribution in [0.2, 0.25) is 0 Å². The summed E-state index contributed by atoms with van der Waals surface area (Å²) in [6.07, 6.45) is 1.67. The fourth-order valence-electron chi connectivity index (χ4n) is 2.71. The molecule has 0 unspecified atom stereocenters. The van der Waals surface area contributed by atoms with Gasteiger partial charge in [0.25, 0.3) is 0 Å². The van der Waals surface area contributed by atoms with Crippen molar-refractivity contribution in [1.82, 2.24) is 14.9 Å². The van der Waals surface area contributed by atoms with Crippen molar-refractivity contribution in [1.29, 1.82) is 0 Å². The first-order valence-corrected chi connectivity index (χ1v) is 7.68. The standard InChI is InChI=1S/C17H19FN4O/c1-13-10-16(20-12-19-13)21-6-8-22(9-7-21)17(23)11-14-4-2-3-5-15(14)18/h2-5,10,12H,6-9,11H2,1H3. The molecule has 2 heterocycles. The highest BCUT2D eigenvalue weighted by molar-refractivity contribution is 5.79. The first-order chi connectivity index (χ1) is 11.1. The van der Waals surface area contributed by atoms with Crippen molar-refractivity contribution in [3.8, 4) is 0 Å². The van der Waals surface area contributed by atoms with E-state index in [1.54, 1.807) is 29.4 Å². The average Bonchev–Trinajstić information content (AvgIpc) is 2.57. The lowest BCUT2D eigenvalue weighted by molar-refractivity contribution is -0.130. The van der Waals surface area contributed by atoms with Crippen LogP contribution in [0.4, 0.5) is 10.2 Å². The Morgan fingerprint density at radius 3 is 2.61 bits per heavy atom. The lowest BCUT2D eigenvalue weighted by atomic mass is 10.1. The topological polar surface area (TPSA) is 49.3 Å². The smallest absolute Gasteiger partial charge is 0.227 e. The van der Waals surface area contributed by atoms with Crippen molar-refractivity contribution in [3.05, 3.63) is 53.7 Å². The van der Waals surface area contributed by atoms with Crippen LogP contribution < -0.4 is 4.90 Å². The van der Waals surface area contributed by atoms with E-state index in [1.165, 1.54) is 6.07 Å². The first kappa shape index (κ1) is 15.4. The lowest BCUT2D eigenvalue weighted by Crippen LogP contribution is -2.49. The number of halogens is 1. The van der Waals surface area contributed by atoms with Gasteiger partial charge in [-0.1, -0.05) is 18.2 Å². The molecule has 1 aromatic carbocycles. The summed E-state index contributed by atoms with van der Waals surface area (Å²) in [5, 5.41) is 0. The van der Waals surface area contributed by atoms with E-state index >= 15 is 0 Å². The molecule has 1 fully saturated rings. The van der Waals surface area contributed by atoms with Crippen molar-refractivity contribution in [2.45, 2.75) is 13.3 Å². The Morgan fingerprint density at radius 2 is 1.91 bits per heavy atom. The van der Waals surface area contributed by atoms with Crippen molar-refractivity contribution in [2.24, 2.45) is 0 Å². The van der Waals surface area contributed by atoms with Crippen molar-refractivity contribution < 1.29 is 9.18 Å². The van der Waals surface area contributed by atoms with Gasteiger partial charge in [-0.05, 0) is 18.6 Å². The number of aromatic nitrogens is 2. The predicted octanol–water partition coefficient (Wildman–Crippen LogP) is 1.82. The quantitative estimate of drug-likeness (QED) is 0.867. The highest BCUT2D eigenvalue weighted by Gasteiger charge is 2.22. The summed E-state index contributed by atoms with van der Waals surface area (Å²) >= 11 is 0. The molecule has 23 heavy (non-hydrogen) atoms. The third kappa shape index (κ3) is 3.64. The van der Waals surface area contributed by atoms with E-state index in [0.717, 1.165) is 24.6 Å². The molecule has 1 aliphatic rings. The Bertz CT molecular complexity index is 698. The Labute approximate surface area is 134 Å². The van der Waals surface area contributed by atoms with E-state index in [4.69, 9.17) is 0 Å². The molecule has 1 aromatic heterocycles. The van der Waals surface area contributed by atoms with Gasteiger partial charge in [-0.25, -0.2) is 14.4 Å². The molecule has 0 saturated carbocycles. The number of aryl methyl sites for hydroxylation is 1. The Hall–Kier alpha value is -2.50. The molecular formula is C17H19FN4O. The number of amides is 1. The molecule has 0 aliphatic carbocycles. The summed E-state index contributed by atoms with van der Waals surface area (Å²) in [7, 11) is 0. The minimum Gasteiger partial charge on any atom is -0.353 e. The van der Waals surface area contributed by atoms with Crippen molar-refractivity contribution >= 4 is 11.7 Å². The van der Waals surface area contributed by atoms with Gasteiger partial charge in [-0.3, -0.25) is 4.79 Å². The van der Waals surface area contributed by atoms with E-state index in [0.29, 0.717) is 18.7 Å². The van der Waals surface area contributed by atoms with E-state index in [1.807, 2.05) is 13.0 Å². The van der Waals surface area contributed by atoms with Gasteiger partial charge in [0.1, 0.15) is 18.0 Å². The molecule has 2 aromatic rings. The average molecular weight is 314 g/mol. The molecule has 0 spiro atoms. The lowest BCUT2D eigenvalue weighted by Gasteiger charge is -2.35. The molecular weight excluding hydrogens is 295 g/mol. The maximum Gasteiger partial charge on any atom is 0.227 e. The SMILES string of the molecule is Cc1cc(N2CCN(C(=O)Cc3ccccc3F)CC2)ncn1. The highest BCUT2D eigenvalue weighted by atomic mass is 19.1. The third-order valence-corrected chi connectivity index (χ3v) is 4.05. The summed E-state index contributed by atoms with van der Waals surface area (Å²) < 4.78 is 13.6. The van der Waals surface area contributed by atoms with Crippen LogP contribution in [0.3, 0.4) is 0 Å². The van der Waals surface area contributed by atoms with Crippen LogP contribution in [-0.4, -0.2) is 47.0 Å². The Kier molecular flexibility index (Phi) is 4.50. The fourth-order valence-corrected chi connectivity index (χ4v) is 2.71. The van der Waals surface area contributed by atoms with Gasteiger partial charge >= 0.3 is 0 Å². The van der Waals surface area contributed by atoms with Crippen molar-refractivity contribution in [3.63, 3.8) is 0 Å². The summed E-state index contributed by atoms with van der Waals surface area (Å²) in [5.41, 5.74) is 1.37. The number of hydrogen-bond acceptors (Lipinski definition) is 4. The number of nitrogens with zero attached hydrogens (tertiary/aromatic N) is 4. The first-order valence-electron chi connectivity index (χ1n) is 7.68. The van der Waals surface area contributed by atoms with Gasteiger partial charge in [0.2, 0.25) is 5.91 Å². The maximum atomic E-state index is 13.6. The molecule has 0 N–H and O–H groups in total. The number of piperazine rings is 1. The highest BCUT2D eigenvalue weighted by Crippen LogP contribution is 2.15. The third-order valence-electron chi connectivity index (χ3n) is 4.05. The van der Waals surface area contributed by atoms with E-state index < -0.39 is 0 Å². The van der Waals surface area contributed by atoms with Crippen LogP contribution >= 0.6 is 0 Å². The molecule has 0 atom stereocenters. The number of hydrogen-bond donors (Lipinski definition) is 0. The number of anilines is 1. The second-order valence-electron chi connectivity index (χ2n) is 5.65. The van der Waals surface area contributed by atoms with Gasteiger partial charge in [-0.15, -0.1) is 0 Å². The number of carbonyl (C=O) groups is 1. The predicted molar refractivity (Wildman–Crippen MR) is 85.7 cm³/mol. The van der Waals surface area contributed by atoms with Gasteiger partial charge < -0.3 is 9.80 Å². The van der Waals surface area contributed by atoms with Crippen LogP contribution in [0.25, 0.3) is 0 Å². The molecule has 1 saturated heterocycles. The van der Waals surface area contributed by atoms with E-state index in [-0.39, 0.29) is 18.1 Å². The number of carbonyl (C=O) groups excluding carboxylic acids is 1. The second kappa shape index (κ2) is 6.73. The minimum atomic E-state index is -0.323. The van der Waals surface area contributed by atoms with Gasteiger partial charge in [0, 0.05) is 37.9 Å². The summed E-state index contributed by atoms with van der Waals surface area (Å²) in [4.78, 5) is 24.6. The van der Waals surface area contributed by atoms with Crippen LogP contribution in [0, 0.1) is 12.7 Å². The molecule has 0 bridgehead atoms. The molecule has 1 amide bonds. The van der Waals surface area contributed by atoms with Crippen LogP contribution in [-0.2, 0) is 11.2 Å². The zero-order chi connectivity index (χ0) is 16.2.